The van der Waals surface area contributed by atoms with Gasteiger partial charge in [-0.15, -0.1) is 0 Å². The van der Waals surface area contributed by atoms with Crippen LogP contribution in [0.4, 0.5) is 0 Å². The van der Waals surface area contributed by atoms with E-state index >= 15 is 0 Å². The predicted molar refractivity (Wildman–Crippen MR) is 111 cm³/mol. The maximum Gasteiger partial charge on any atom is 0.306 e. The summed E-state index contributed by atoms with van der Waals surface area (Å²) in [4.78, 5) is 25.1. The number of benzene rings is 3. The van der Waals surface area contributed by atoms with Crippen LogP contribution in [0.15, 0.2) is 77.2 Å². The Kier molecular flexibility index (Phi) is 5.09. The lowest BCUT2D eigenvalue weighted by atomic mass is 10.0. The van der Waals surface area contributed by atoms with Gasteiger partial charge < -0.3 is 14.3 Å². The average Bonchev–Trinajstić information content (AvgIpc) is 3.17. The van der Waals surface area contributed by atoms with E-state index in [1.165, 1.54) is 12.1 Å². The second-order valence-electron chi connectivity index (χ2n) is 6.46. The number of nitrogens with one attached hydrogen (secondary N) is 2. The van der Waals surface area contributed by atoms with Crippen molar-refractivity contribution >= 4 is 22.8 Å². The average molecular weight is 402 g/mol. The van der Waals surface area contributed by atoms with E-state index < -0.39 is 11.8 Å². The number of amides is 2. The molecule has 0 bridgehead atoms. The molecular weight excluding hydrogens is 384 g/mol. The fraction of sp³-hybridized carbons (Fsp3) is 0.0435. The molecule has 3 aromatic carbocycles. The normalized spacial score (nSPS) is 10.6. The highest BCUT2D eigenvalue weighted by molar-refractivity contribution is 6.09. The number of furan rings is 1. The van der Waals surface area contributed by atoms with Gasteiger partial charge in [0.1, 0.15) is 17.1 Å². The molecule has 150 valence electrons. The van der Waals surface area contributed by atoms with Crippen LogP contribution in [0.1, 0.15) is 20.9 Å². The van der Waals surface area contributed by atoms with Crippen LogP contribution >= 0.6 is 0 Å². The summed E-state index contributed by atoms with van der Waals surface area (Å²) in [7, 11) is 1.55. The van der Waals surface area contributed by atoms with E-state index in [9.17, 15) is 14.7 Å². The van der Waals surface area contributed by atoms with Crippen LogP contribution < -0.4 is 15.6 Å². The number of phenols is 1. The van der Waals surface area contributed by atoms with Gasteiger partial charge in [-0.2, -0.15) is 0 Å². The van der Waals surface area contributed by atoms with Gasteiger partial charge >= 0.3 is 5.91 Å². The maximum absolute atomic E-state index is 12.9. The number of rotatable bonds is 4. The number of hydrogen-bond acceptors (Lipinski definition) is 5. The van der Waals surface area contributed by atoms with Crippen LogP contribution in [-0.2, 0) is 0 Å². The van der Waals surface area contributed by atoms with Crippen LogP contribution in [-0.4, -0.2) is 24.0 Å². The van der Waals surface area contributed by atoms with Crippen LogP contribution in [0.5, 0.6) is 11.5 Å². The summed E-state index contributed by atoms with van der Waals surface area (Å²) in [5.74, 6) is -0.837. The minimum absolute atomic E-state index is 0.0374. The van der Waals surface area contributed by atoms with E-state index in [0.717, 1.165) is 10.9 Å². The molecule has 0 saturated carbocycles. The van der Waals surface area contributed by atoms with E-state index in [1.54, 1.807) is 31.4 Å². The van der Waals surface area contributed by atoms with E-state index in [-0.39, 0.29) is 17.1 Å². The zero-order valence-electron chi connectivity index (χ0n) is 16.0. The lowest BCUT2D eigenvalue weighted by Crippen LogP contribution is -2.41. The van der Waals surface area contributed by atoms with Gasteiger partial charge in [-0.1, -0.05) is 42.5 Å². The van der Waals surface area contributed by atoms with Gasteiger partial charge in [0.15, 0.2) is 0 Å². The van der Waals surface area contributed by atoms with Gasteiger partial charge in [-0.05, 0) is 29.8 Å². The minimum atomic E-state index is -0.652. The molecule has 7 heteroatoms. The number of fused-ring (bicyclic) bond motifs is 1. The zero-order chi connectivity index (χ0) is 21.1. The molecule has 2 amide bonds. The number of methoxy groups -OCH3 is 1. The van der Waals surface area contributed by atoms with Crippen molar-refractivity contribution in [2.24, 2.45) is 0 Å². The first-order valence-electron chi connectivity index (χ1n) is 9.13. The largest absolute Gasteiger partial charge is 0.507 e. The number of ether oxygens (including phenoxy) is 1. The molecule has 0 aliphatic carbocycles. The third-order valence-electron chi connectivity index (χ3n) is 4.60. The monoisotopic (exact) mass is 402 g/mol. The quantitative estimate of drug-likeness (QED) is 0.450. The first-order valence-corrected chi connectivity index (χ1v) is 9.13. The van der Waals surface area contributed by atoms with Crippen molar-refractivity contribution in [3.63, 3.8) is 0 Å². The third-order valence-corrected chi connectivity index (χ3v) is 4.60. The van der Waals surface area contributed by atoms with Crippen molar-refractivity contribution in [3.8, 4) is 22.6 Å². The molecule has 0 spiro atoms. The van der Waals surface area contributed by atoms with Crippen molar-refractivity contribution in [1.29, 1.82) is 0 Å². The second-order valence-corrected chi connectivity index (χ2v) is 6.46. The molecular formula is C23H18N2O5. The number of hydrazine groups is 1. The topological polar surface area (TPSA) is 101 Å². The van der Waals surface area contributed by atoms with Gasteiger partial charge in [0, 0.05) is 17.0 Å². The summed E-state index contributed by atoms with van der Waals surface area (Å²) in [5, 5.41) is 10.5. The van der Waals surface area contributed by atoms with Gasteiger partial charge in [0.05, 0.1) is 12.7 Å². The first-order chi connectivity index (χ1) is 14.6. The van der Waals surface area contributed by atoms with E-state index in [0.29, 0.717) is 16.9 Å². The number of phenolic OH excluding ortho intramolecular Hbond substituents is 1. The summed E-state index contributed by atoms with van der Waals surface area (Å²) in [6.45, 7) is 0. The van der Waals surface area contributed by atoms with Crippen LogP contribution in [0.25, 0.3) is 22.1 Å². The Labute approximate surface area is 171 Å². The highest BCUT2D eigenvalue weighted by Crippen LogP contribution is 2.36. The molecule has 30 heavy (non-hydrogen) atoms. The number of carbonyl (C=O) groups excluding carboxylic acids is 2. The lowest BCUT2D eigenvalue weighted by Gasteiger charge is -2.08. The molecule has 1 aromatic heterocycles. The Morgan fingerprint density at radius 1 is 0.900 bits per heavy atom. The van der Waals surface area contributed by atoms with Crippen LogP contribution in [0.3, 0.4) is 0 Å². The van der Waals surface area contributed by atoms with Crippen molar-refractivity contribution in [2.45, 2.75) is 0 Å². The number of carbonyl (C=O) groups is 2. The van der Waals surface area contributed by atoms with Crippen LogP contribution in [0, 0.1) is 0 Å². The molecule has 0 aliphatic heterocycles. The molecule has 3 N–H and O–H groups in total. The van der Waals surface area contributed by atoms with Gasteiger partial charge in [-0.25, -0.2) is 0 Å². The standard InChI is InChI=1S/C23H18N2O5/c1-29-15-11-12-17-19(13-15)30-21(20(17)14-7-3-2-4-8-14)23(28)25-24-22(27)16-9-5-6-10-18(16)26/h2-13,26H,1H3,(H,24,27)(H,25,28). The Bertz CT molecular complexity index is 1230. The molecule has 0 unspecified atom stereocenters. The minimum Gasteiger partial charge on any atom is -0.507 e. The Morgan fingerprint density at radius 2 is 1.60 bits per heavy atom. The van der Waals surface area contributed by atoms with Gasteiger partial charge in [-0.3, -0.25) is 20.4 Å². The number of aromatic hydroxyl groups is 1. The predicted octanol–water partition coefficient (Wildman–Crippen LogP) is 3.89. The van der Waals surface area contributed by atoms with E-state index in [4.69, 9.17) is 9.15 Å². The molecule has 0 fully saturated rings. The Hall–Kier alpha value is -4.26. The first kappa shape index (κ1) is 19.1. The van der Waals surface area contributed by atoms with Crippen molar-refractivity contribution in [2.75, 3.05) is 7.11 Å². The number of para-hydroxylation sites is 1. The molecule has 0 radical (unpaired) electrons. The molecule has 1 heterocycles. The summed E-state index contributed by atoms with van der Waals surface area (Å²) >= 11 is 0. The van der Waals surface area contributed by atoms with Crippen molar-refractivity contribution in [3.05, 3.63) is 84.1 Å². The van der Waals surface area contributed by atoms with Crippen molar-refractivity contribution in [1.82, 2.24) is 10.9 Å². The summed E-state index contributed by atoms with van der Waals surface area (Å²) in [6.07, 6.45) is 0. The molecule has 4 rings (SSSR count). The lowest BCUT2D eigenvalue weighted by molar-refractivity contribution is 0.0831. The van der Waals surface area contributed by atoms with Crippen molar-refractivity contribution < 1.29 is 23.8 Å². The molecule has 0 atom stereocenters. The van der Waals surface area contributed by atoms with E-state index in [2.05, 4.69) is 10.9 Å². The smallest absolute Gasteiger partial charge is 0.306 e. The van der Waals surface area contributed by atoms with E-state index in [1.807, 2.05) is 36.4 Å². The third kappa shape index (κ3) is 3.56. The Morgan fingerprint density at radius 3 is 2.33 bits per heavy atom. The molecule has 7 nitrogen and oxygen atoms in total. The van der Waals surface area contributed by atoms with Gasteiger partial charge in [0.25, 0.3) is 5.91 Å². The second kappa shape index (κ2) is 8.00. The summed E-state index contributed by atoms with van der Waals surface area (Å²) in [5.41, 5.74) is 6.55. The molecule has 4 aromatic rings. The summed E-state index contributed by atoms with van der Waals surface area (Å²) in [6, 6.07) is 20.7. The van der Waals surface area contributed by atoms with Gasteiger partial charge in [0.2, 0.25) is 5.76 Å². The highest BCUT2D eigenvalue weighted by atomic mass is 16.5. The highest BCUT2D eigenvalue weighted by Gasteiger charge is 2.23. The fourth-order valence-electron chi connectivity index (χ4n) is 3.16. The summed E-state index contributed by atoms with van der Waals surface area (Å²) < 4.78 is 11.1. The Balaban J connectivity index is 1.68. The maximum atomic E-state index is 12.9. The zero-order valence-corrected chi connectivity index (χ0v) is 16.0. The molecule has 0 aliphatic rings. The van der Waals surface area contributed by atoms with Crippen LogP contribution in [0.2, 0.25) is 0 Å². The fourth-order valence-corrected chi connectivity index (χ4v) is 3.16. The number of hydrogen-bond donors (Lipinski definition) is 3. The molecule has 0 saturated heterocycles. The SMILES string of the molecule is COc1ccc2c(-c3ccccc3)c(C(=O)NNC(=O)c3ccccc3O)oc2c1.